The van der Waals surface area contributed by atoms with E-state index in [1.54, 1.807) is 0 Å². The number of esters is 1. The zero-order valence-electron chi connectivity index (χ0n) is 13.7. The largest absolute Gasteiger partial charge is 0.465 e. The summed E-state index contributed by atoms with van der Waals surface area (Å²) in [5.41, 5.74) is 0. The standard InChI is InChI=1S/C16H32N2O2/c1-5-20-16(19)15(17-13(2)3)9-12-18-10-6-7-14(4)8-11-18/h13-15,17H,5-12H2,1-4H3. The van der Waals surface area contributed by atoms with Crippen LogP contribution in [0.15, 0.2) is 0 Å². The lowest BCUT2D eigenvalue weighted by Crippen LogP contribution is -2.44. The van der Waals surface area contributed by atoms with Crippen molar-refractivity contribution in [2.24, 2.45) is 5.92 Å². The second kappa shape index (κ2) is 9.35. The molecule has 1 aliphatic rings. The summed E-state index contributed by atoms with van der Waals surface area (Å²) in [6, 6.07) is 0.129. The van der Waals surface area contributed by atoms with Crippen LogP contribution in [0.5, 0.6) is 0 Å². The molecule has 4 heteroatoms. The number of nitrogens with zero attached hydrogens (tertiary/aromatic N) is 1. The first-order chi connectivity index (χ1) is 9.52. The zero-order valence-corrected chi connectivity index (χ0v) is 13.7. The van der Waals surface area contributed by atoms with E-state index in [9.17, 15) is 4.79 Å². The van der Waals surface area contributed by atoms with Gasteiger partial charge in [0.25, 0.3) is 0 Å². The van der Waals surface area contributed by atoms with Gasteiger partial charge in [-0.1, -0.05) is 20.8 Å². The number of nitrogens with one attached hydrogen (secondary N) is 1. The third-order valence-electron chi connectivity index (χ3n) is 3.95. The van der Waals surface area contributed by atoms with Gasteiger partial charge in [0.15, 0.2) is 0 Å². The molecule has 1 N–H and O–H groups in total. The fraction of sp³-hybridized carbons (Fsp3) is 0.938. The number of hydrogen-bond donors (Lipinski definition) is 1. The van der Waals surface area contributed by atoms with Crippen LogP contribution in [0.1, 0.15) is 53.4 Å². The lowest BCUT2D eigenvalue weighted by Gasteiger charge is -2.24. The first kappa shape index (κ1) is 17.4. The molecule has 0 aromatic heterocycles. The van der Waals surface area contributed by atoms with E-state index in [2.05, 4.69) is 31.0 Å². The molecule has 0 spiro atoms. The maximum absolute atomic E-state index is 12.0. The van der Waals surface area contributed by atoms with Crippen LogP contribution in [0.2, 0.25) is 0 Å². The predicted molar refractivity (Wildman–Crippen MR) is 82.8 cm³/mol. The van der Waals surface area contributed by atoms with Crippen molar-refractivity contribution in [3.63, 3.8) is 0 Å². The number of carbonyl (C=O) groups excluding carboxylic acids is 1. The summed E-state index contributed by atoms with van der Waals surface area (Å²) in [5.74, 6) is 0.735. The second-order valence-corrected chi connectivity index (χ2v) is 6.29. The fourth-order valence-corrected chi connectivity index (χ4v) is 2.77. The van der Waals surface area contributed by atoms with E-state index < -0.39 is 0 Å². The van der Waals surface area contributed by atoms with Gasteiger partial charge in [-0.05, 0) is 51.6 Å². The van der Waals surface area contributed by atoms with Gasteiger partial charge < -0.3 is 15.0 Å². The predicted octanol–water partition coefficient (Wildman–Crippen LogP) is 2.43. The van der Waals surface area contributed by atoms with E-state index in [-0.39, 0.29) is 12.0 Å². The van der Waals surface area contributed by atoms with Crippen molar-refractivity contribution < 1.29 is 9.53 Å². The molecule has 1 heterocycles. The minimum absolute atomic E-state index is 0.107. The highest BCUT2D eigenvalue weighted by atomic mass is 16.5. The Morgan fingerprint density at radius 3 is 2.75 bits per heavy atom. The molecule has 1 saturated heterocycles. The molecule has 0 bridgehead atoms. The maximum atomic E-state index is 12.0. The molecule has 0 aliphatic carbocycles. The van der Waals surface area contributed by atoms with Crippen LogP contribution in [0.3, 0.4) is 0 Å². The minimum atomic E-state index is -0.171. The van der Waals surface area contributed by atoms with Gasteiger partial charge in [-0.25, -0.2) is 0 Å². The van der Waals surface area contributed by atoms with Gasteiger partial charge in [-0.3, -0.25) is 4.79 Å². The molecule has 4 nitrogen and oxygen atoms in total. The summed E-state index contributed by atoms with van der Waals surface area (Å²) >= 11 is 0. The third kappa shape index (κ3) is 6.71. The lowest BCUT2D eigenvalue weighted by molar-refractivity contribution is -0.146. The Bertz CT molecular complexity index is 282. The highest BCUT2D eigenvalue weighted by molar-refractivity contribution is 5.75. The Morgan fingerprint density at radius 1 is 1.35 bits per heavy atom. The number of hydrogen-bond acceptors (Lipinski definition) is 4. The van der Waals surface area contributed by atoms with Gasteiger partial charge in [-0.2, -0.15) is 0 Å². The van der Waals surface area contributed by atoms with E-state index in [0.717, 1.165) is 18.9 Å². The Labute approximate surface area is 124 Å². The molecule has 1 rings (SSSR count). The van der Waals surface area contributed by atoms with Crippen LogP contribution in [0.25, 0.3) is 0 Å². The van der Waals surface area contributed by atoms with E-state index in [4.69, 9.17) is 4.74 Å². The third-order valence-corrected chi connectivity index (χ3v) is 3.95. The molecule has 20 heavy (non-hydrogen) atoms. The highest BCUT2D eigenvalue weighted by Crippen LogP contribution is 2.16. The topological polar surface area (TPSA) is 41.6 Å². The Hall–Kier alpha value is -0.610. The average Bonchev–Trinajstić information content (AvgIpc) is 2.59. The molecule has 0 aromatic rings. The van der Waals surface area contributed by atoms with Gasteiger partial charge in [-0.15, -0.1) is 0 Å². The van der Waals surface area contributed by atoms with Crippen LogP contribution in [-0.4, -0.2) is 49.2 Å². The summed E-state index contributed by atoms with van der Waals surface area (Å²) in [5, 5.41) is 3.33. The Kier molecular flexibility index (Phi) is 8.15. The van der Waals surface area contributed by atoms with E-state index in [1.807, 2.05) is 6.92 Å². The van der Waals surface area contributed by atoms with Crippen molar-refractivity contribution >= 4 is 5.97 Å². The van der Waals surface area contributed by atoms with Crippen molar-refractivity contribution in [1.29, 1.82) is 0 Å². The molecule has 118 valence electrons. The fourth-order valence-electron chi connectivity index (χ4n) is 2.77. The van der Waals surface area contributed by atoms with Crippen molar-refractivity contribution in [2.75, 3.05) is 26.2 Å². The van der Waals surface area contributed by atoms with Crippen LogP contribution >= 0.6 is 0 Å². The van der Waals surface area contributed by atoms with Crippen LogP contribution in [0, 0.1) is 5.92 Å². The summed E-state index contributed by atoms with van der Waals surface area (Å²) in [4.78, 5) is 14.5. The normalized spacial score (nSPS) is 22.6. The van der Waals surface area contributed by atoms with Gasteiger partial charge in [0.2, 0.25) is 0 Å². The smallest absolute Gasteiger partial charge is 0.323 e. The summed E-state index contributed by atoms with van der Waals surface area (Å²) < 4.78 is 5.17. The molecule has 0 radical (unpaired) electrons. The van der Waals surface area contributed by atoms with Crippen molar-refractivity contribution in [3.8, 4) is 0 Å². The number of likely N-dealkylation sites (tertiary alicyclic amines) is 1. The molecular formula is C16H32N2O2. The summed E-state index contributed by atoms with van der Waals surface area (Å²) in [6.45, 7) is 12.1. The molecule has 0 amide bonds. The van der Waals surface area contributed by atoms with Gasteiger partial charge in [0.1, 0.15) is 6.04 Å². The minimum Gasteiger partial charge on any atom is -0.465 e. The molecule has 1 aliphatic heterocycles. The van der Waals surface area contributed by atoms with Gasteiger partial charge in [0, 0.05) is 12.6 Å². The highest BCUT2D eigenvalue weighted by Gasteiger charge is 2.22. The molecule has 0 aromatic carbocycles. The summed E-state index contributed by atoms with van der Waals surface area (Å²) in [6.07, 6.45) is 4.73. The van der Waals surface area contributed by atoms with E-state index in [1.165, 1.54) is 32.4 Å². The van der Waals surface area contributed by atoms with Gasteiger partial charge in [0.05, 0.1) is 6.61 Å². The molecule has 2 atom stereocenters. The molecule has 0 saturated carbocycles. The first-order valence-corrected chi connectivity index (χ1v) is 8.18. The Balaban J connectivity index is 2.42. The van der Waals surface area contributed by atoms with E-state index in [0.29, 0.717) is 12.6 Å². The molecular weight excluding hydrogens is 252 g/mol. The SMILES string of the molecule is CCOC(=O)C(CCN1CCCC(C)CC1)NC(C)C. The van der Waals surface area contributed by atoms with Crippen LogP contribution < -0.4 is 5.32 Å². The van der Waals surface area contributed by atoms with Gasteiger partial charge >= 0.3 is 5.97 Å². The zero-order chi connectivity index (χ0) is 15.0. The molecule has 2 unspecified atom stereocenters. The van der Waals surface area contributed by atoms with Crippen LogP contribution in [0.4, 0.5) is 0 Å². The monoisotopic (exact) mass is 284 g/mol. The van der Waals surface area contributed by atoms with Crippen LogP contribution in [-0.2, 0) is 9.53 Å². The Morgan fingerprint density at radius 2 is 2.10 bits per heavy atom. The average molecular weight is 284 g/mol. The van der Waals surface area contributed by atoms with Crippen molar-refractivity contribution in [2.45, 2.75) is 65.5 Å². The summed E-state index contributed by atoms with van der Waals surface area (Å²) in [7, 11) is 0. The molecule has 1 fully saturated rings. The lowest BCUT2D eigenvalue weighted by atomic mass is 10.0. The number of carbonyl (C=O) groups is 1. The second-order valence-electron chi connectivity index (χ2n) is 6.29. The van der Waals surface area contributed by atoms with E-state index >= 15 is 0 Å². The van der Waals surface area contributed by atoms with Crippen molar-refractivity contribution in [1.82, 2.24) is 10.2 Å². The van der Waals surface area contributed by atoms with Crippen molar-refractivity contribution in [3.05, 3.63) is 0 Å². The maximum Gasteiger partial charge on any atom is 0.323 e. The first-order valence-electron chi connectivity index (χ1n) is 8.18. The quantitative estimate of drug-likeness (QED) is 0.729. The number of rotatable bonds is 7. The number of ether oxygens (including phenoxy) is 1.